The van der Waals surface area contributed by atoms with Crippen LogP contribution in [0, 0.1) is 5.92 Å². The maximum Gasteiger partial charge on any atom is 0.123 e. The summed E-state index contributed by atoms with van der Waals surface area (Å²) in [5.41, 5.74) is 1.24. The maximum absolute atomic E-state index is 5.98. The summed E-state index contributed by atoms with van der Waals surface area (Å²) in [6.45, 7) is 2.07. The predicted molar refractivity (Wildman–Crippen MR) is 74.4 cm³/mol. The first-order valence-corrected chi connectivity index (χ1v) is 7.35. The Labute approximate surface area is 114 Å². The first-order chi connectivity index (χ1) is 8.81. The molecule has 0 spiro atoms. The molecule has 1 heterocycles. The smallest absolute Gasteiger partial charge is 0.123 e. The molecule has 2 nitrogen and oxygen atoms in total. The molecule has 1 atom stereocenters. The van der Waals surface area contributed by atoms with Gasteiger partial charge in [0, 0.05) is 18.0 Å². The van der Waals surface area contributed by atoms with Crippen molar-refractivity contribution in [2.45, 2.75) is 38.2 Å². The molecule has 18 heavy (non-hydrogen) atoms. The highest BCUT2D eigenvalue weighted by Gasteiger charge is 2.23. The fourth-order valence-electron chi connectivity index (χ4n) is 2.75. The van der Waals surface area contributed by atoms with Crippen molar-refractivity contribution in [2.75, 3.05) is 13.1 Å². The quantitative estimate of drug-likeness (QED) is 0.824. The average molecular weight is 266 g/mol. The van der Waals surface area contributed by atoms with Crippen molar-refractivity contribution in [1.82, 2.24) is 5.32 Å². The van der Waals surface area contributed by atoms with Crippen LogP contribution in [0.25, 0.3) is 0 Å². The topological polar surface area (TPSA) is 21.3 Å². The Morgan fingerprint density at radius 2 is 2.22 bits per heavy atom. The van der Waals surface area contributed by atoms with Crippen molar-refractivity contribution in [3.8, 4) is 5.75 Å². The Morgan fingerprint density at radius 1 is 1.33 bits per heavy atom. The van der Waals surface area contributed by atoms with E-state index < -0.39 is 0 Å². The minimum atomic E-state index is 0.278. The molecule has 1 saturated carbocycles. The summed E-state index contributed by atoms with van der Waals surface area (Å²) in [4.78, 5) is 0. The first kappa shape index (κ1) is 12.3. The summed E-state index contributed by atoms with van der Waals surface area (Å²) in [5.74, 6) is 1.99. The monoisotopic (exact) mass is 265 g/mol. The third-order valence-electron chi connectivity index (χ3n) is 4.09. The molecule has 0 aromatic heterocycles. The molecule has 1 unspecified atom stereocenters. The lowest BCUT2D eigenvalue weighted by atomic mass is 9.83. The van der Waals surface area contributed by atoms with E-state index in [1.54, 1.807) is 0 Å². The van der Waals surface area contributed by atoms with Crippen molar-refractivity contribution in [2.24, 2.45) is 5.92 Å². The Balaban J connectivity index is 1.40. The van der Waals surface area contributed by atoms with Gasteiger partial charge in [-0.25, -0.2) is 0 Å². The summed E-state index contributed by atoms with van der Waals surface area (Å²) in [6.07, 6.45) is 6.89. The van der Waals surface area contributed by atoms with Gasteiger partial charge in [0.05, 0.1) is 0 Å². The van der Waals surface area contributed by atoms with Gasteiger partial charge >= 0.3 is 0 Å². The zero-order chi connectivity index (χ0) is 12.4. The molecule has 0 bridgehead atoms. The Kier molecular flexibility index (Phi) is 3.76. The van der Waals surface area contributed by atoms with Gasteiger partial charge in [-0.2, -0.15) is 0 Å². The third-order valence-corrected chi connectivity index (χ3v) is 4.32. The van der Waals surface area contributed by atoms with Gasteiger partial charge in [-0.3, -0.25) is 0 Å². The van der Waals surface area contributed by atoms with E-state index in [9.17, 15) is 0 Å². The van der Waals surface area contributed by atoms with Gasteiger partial charge in [-0.1, -0.05) is 30.9 Å². The second-order valence-electron chi connectivity index (χ2n) is 5.49. The molecule has 1 aliphatic carbocycles. The molecule has 98 valence electrons. The van der Waals surface area contributed by atoms with Crippen LogP contribution in [0.4, 0.5) is 0 Å². The molecule has 1 aliphatic heterocycles. The van der Waals surface area contributed by atoms with Crippen molar-refractivity contribution >= 4 is 11.6 Å². The molecule has 3 rings (SSSR count). The van der Waals surface area contributed by atoms with Gasteiger partial charge in [-0.15, -0.1) is 0 Å². The van der Waals surface area contributed by atoms with E-state index in [4.69, 9.17) is 16.3 Å². The lowest BCUT2D eigenvalue weighted by Gasteiger charge is -2.25. The zero-order valence-electron chi connectivity index (χ0n) is 10.6. The van der Waals surface area contributed by atoms with E-state index in [1.165, 1.54) is 31.2 Å². The number of nitrogens with one attached hydrogen (secondary N) is 1. The molecule has 0 amide bonds. The van der Waals surface area contributed by atoms with E-state index in [-0.39, 0.29) is 6.10 Å². The number of fused-ring (bicyclic) bond motifs is 1. The second kappa shape index (κ2) is 5.50. The number of hydrogen-bond donors (Lipinski definition) is 1. The molecule has 2 aliphatic rings. The van der Waals surface area contributed by atoms with Crippen LogP contribution in [0.5, 0.6) is 5.75 Å². The number of halogens is 1. The minimum absolute atomic E-state index is 0.278. The summed E-state index contributed by atoms with van der Waals surface area (Å²) in [7, 11) is 0. The summed E-state index contributed by atoms with van der Waals surface area (Å²) >= 11 is 5.98. The van der Waals surface area contributed by atoms with E-state index >= 15 is 0 Å². The highest BCUT2D eigenvalue weighted by Crippen LogP contribution is 2.31. The number of benzene rings is 1. The average Bonchev–Trinajstić information content (AvgIpc) is 2.68. The fourth-order valence-corrected chi connectivity index (χ4v) is 2.95. The third kappa shape index (κ3) is 2.81. The highest BCUT2D eigenvalue weighted by molar-refractivity contribution is 6.30. The Hall–Kier alpha value is -0.730. The van der Waals surface area contributed by atoms with E-state index in [0.717, 1.165) is 36.2 Å². The number of ether oxygens (including phenoxy) is 1. The van der Waals surface area contributed by atoms with Gasteiger partial charge in [0.1, 0.15) is 11.9 Å². The molecule has 3 heteroatoms. The normalized spacial score (nSPS) is 22.4. The number of rotatable bonds is 5. The molecule has 0 saturated heterocycles. The van der Waals surface area contributed by atoms with Gasteiger partial charge in [-0.05, 0) is 42.6 Å². The van der Waals surface area contributed by atoms with Crippen LogP contribution < -0.4 is 10.1 Å². The highest BCUT2D eigenvalue weighted by atomic mass is 35.5. The van der Waals surface area contributed by atoms with Crippen LogP contribution in [-0.2, 0) is 6.42 Å². The van der Waals surface area contributed by atoms with E-state index in [2.05, 4.69) is 5.32 Å². The summed E-state index contributed by atoms with van der Waals surface area (Å²) in [6, 6.07) is 5.89. The Bertz CT molecular complexity index is 417. The lowest BCUT2D eigenvalue weighted by molar-refractivity contribution is 0.222. The van der Waals surface area contributed by atoms with Crippen LogP contribution >= 0.6 is 11.6 Å². The molecule has 1 fully saturated rings. The standard InChI is InChI=1S/C15H20ClNO/c16-13-4-5-15-12(8-13)9-14(18-15)10-17-7-6-11-2-1-3-11/h4-5,8,11,14,17H,1-3,6-7,9-10H2. The molecular weight excluding hydrogens is 246 g/mol. The SMILES string of the molecule is Clc1ccc2c(c1)CC(CNCCC1CCC1)O2. The van der Waals surface area contributed by atoms with Gasteiger partial charge in [0.2, 0.25) is 0 Å². The maximum atomic E-state index is 5.98. The lowest BCUT2D eigenvalue weighted by Crippen LogP contribution is -2.32. The fraction of sp³-hybridized carbons (Fsp3) is 0.600. The molecule has 1 aromatic carbocycles. The molecule has 1 aromatic rings. The number of hydrogen-bond acceptors (Lipinski definition) is 2. The largest absolute Gasteiger partial charge is 0.488 e. The summed E-state index contributed by atoms with van der Waals surface area (Å²) in [5, 5.41) is 4.32. The molecular formula is C15H20ClNO. The van der Waals surface area contributed by atoms with Crippen molar-refractivity contribution in [3.05, 3.63) is 28.8 Å². The minimum Gasteiger partial charge on any atom is -0.488 e. The molecule has 0 radical (unpaired) electrons. The first-order valence-electron chi connectivity index (χ1n) is 6.97. The van der Waals surface area contributed by atoms with Crippen LogP contribution in [0.15, 0.2) is 18.2 Å². The van der Waals surface area contributed by atoms with Crippen molar-refractivity contribution in [1.29, 1.82) is 0 Å². The van der Waals surface area contributed by atoms with Crippen molar-refractivity contribution in [3.63, 3.8) is 0 Å². The Morgan fingerprint density at radius 3 is 3.00 bits per heavy atom. The van der Waals surface area contributed by atoms with Gasteiger partial charge in [0.15, 0.2) is 0 Å². The van der Waals surface area contributed by atoms with E-state index in [0.29, 0.717) is 0 Å². The van der Waals surface area contributed by atoms with Crippen LogP contribution in [-0.4, -0.2) is 19.2 Å². The summed E-state index contributed by atoms with van der Waals surface area (Å²) < 4.78 is 5.89. The molecule has 1 N–H and O–H groups in total. The zero-order valence-corrected chi connectivity index (χ0v) is 11.4. The van der Waals surface area contributed by atoms with E-state index in [1.807, 2.05) is 18.2 Å². The van der Waals surface area contributed by atoms with Gasteiger partial charge in [0.25, 0.3) is 0 Å². The van der Waals surface area contributed by atoms with Crippen LogP contribution in [0.1, 0.15) is 31.2 Å². The van der Waals surface area contributed by atoms with Crippen LogP contribution in [0.3, 0.4) is 0 Å². The van der Waals surface area contributed by atoms with Crippen molar-refractivity contribution < 1.29 is 4.74 Å². The van der Waals surface area contributed by atoms with Crippen LogP contribution in [0.2, 0.25) is 5.02 Å². The van der Waals surface area contributed by atoms with Gasteiger partial charge < -0.3 is 10.1 Å². The second-order valence-corrected chi connectivity index (χ2v) is 5.92. The predicted octanol–water partition coefficient (Wildman–Crippen LogP) is 3.42.